The van der Waals surface area contributed by atoms with Crippen LogP contribution >= 0.6 is 0 Å². The Kier molecular flexibility index (Phi) is 4.63. The minimum absolute atomic E-state index is 0.0437. The molecule has 0 bridgehead atoms. The van der Waals surface area contributed by atoms with E-state index in [0.29, 0.717) is 30.4 Å². The van der Waals surface area contributed by atoms with Crippen LogP contribution in [0.5, 0.6) is 5.75 Å². The third-order valence-electron chi connectivity index (χ3n) is 5.48. The molecule has 138 valence electrons. The third-order valence-corrected chi connectivity index (χ3v) is 5.48. The maximum absolute atomic E-state index is 12.9. The quantitative estimate of drug-likeness (QED) is 0.839. The van der Waals surface area contributed by atoms with Crippen molar-refractivity contribution >= 4 is 5.91 Å². The first-order chi connectivity index (χ1) is 12.7. The van der Waals surface area contributed by atoms with Gasteiger partial charge in [-0.2, -0.15) is 0 Å². The molecular formula is C19H25N5O2. The second kappa shape index (κ2) is 7.07. The fourth-order valence-electron chi connectivity index (χ4n) is 3.97. The summed E-state index contributed by atoms with van der Waals surface area (Å²) in [7, 11) is 3.76. The van der Waals surface area contributed by atoms with Crippen molar-refractivity contribution in [3.63, 3.8) is 0 Å². The average molecular weight is 355 g/mol. The molecule has 0 unspecified atom stereocenters. The van der Waals surface area contributed by atoms with E-state index >= 15 is 0 Å². The Morgan fingerprint density at radius 1 is 1.19 bits per heavy atom. The predicted octanol–water partition coefficient (Wildman–Crippen LogP) is 1.75. The second-order valence-electron chi connectivity index (χ2n) is 7.04. The number of hydrogen-bond donors (Lipinski definition) is 0. The molecule has 0 radical (unpaired) electrons. The van der Waals surface area contributed by atoms with E-state index in [1.165, 1.54) is 6.42 Å². The fourth-order valence-corrected chi connectivity index (χ4v) is 3.97. The first kappa shape index (κ1) is 17.0. The van der Waals surface area contributed by atoms with Crippen LogP contribution in [0, 0.1) is 0 Å². The third kappa shape index (κ3) is 3.07. The van der Waals surface area contributed by atoms with Gasteiger partial charge < -0.3 is 14.2 Å². The Hall–Kier alpha value is -2.41. The molecule has 2 aromatic rings. The van der Waals surface area contributed by atoms with Crippen molar-refractivity contribution in [1.29, 1.82) is 0 Å². The van der Waals surface area contributed by atoms with Gasteiger partial charge in [-0.1, -0.05) is 6.07 Å². The molecule has 0 aliphatic carbocycles. The Balaban J connectivity index is 1.51. The lowest BCUT2D eigenvalue weighted by Gasteiger charge is -2.22. The summed E-state index contributed by atoms with van der Waals surface area (Å²) < 4.78 is 7.47. The van der Waals surface area contributed by atoms with Crippen molar-refractivity contribution in [3.8, 4) is 5.75 Å². The summed E-state index contributed by atoms with van der Waals surface area (Å²) in [5.74, 6) is 2.79. The van der Waals surface area contributed by atoms with E-state index in [0.717, 1.165) is 37.6 Å². The number of fused-ring (bicyclic) bond motifs is 1. The molecule has 0 spiro atoms. The van der Waals surface area contributed by atoms with Crippen molar-refractivity contribution in [1.82, 2.24) is 24.6 Å². The molecule has 2 aliphatic rings. The summed E-state index contributed by atoms with van der Waals surface area (Å²) in [6.07, 6.45) is 3.06. The van der Waals surface area contributed by atoms with E-state index < -0.39 is 0 Å². The zero-order valence-corrected chi connectivity index (χ0v) is 15.4. The Labute approximate surface area is 153 Å². The van der Waals surface area contributed by atoms with Crippen LogP contribution < -0.4 is 4.74 Å². The fraction of sp³-hybridized carbons (Fsp3) is 0.526. The normalized spacial score (nSPS) is 20.7. The highest BCUT2D eigenvalue weighted by molar-refractivity contribution is 5.94. The standard InChI is InChI=1S/C19H25N5O2/c1-22-9-4-7-16(22)18-21-20-17-8-10-23(11-12-24(17)18)19(25)14-5-3-6-15(13-14)26-2/h3,5-6,13,16H,4,7-12H2,1-2H3/t16-/m1/s1. The highest BCUT2D eigenvalue weighted by Crippen LogP contribution is 2.30. The summed E-state index contributed by atoms with van der Waals surface area (Å²) in [6.45, 7) is 3.18. The summed E-state index contributed by atoms with van der Waals surface area (Å²) in [4.78, 5) is 17.2. The van der Waals surface area contributed by atoms with Gasteiger partial charge in [-0.05, 0) is 44.6 Å². The number of rotatable bonds is 3. The maximum atomic E-state index is 12.9. The number of nitrogens with zero attached hydrogens (tertiary/aromatic N) is 5. The van der Waals surface area contributed by atoms with Crippen LogP contribution in [0.1, 0.15) is 40.9 Å². The minimum atomic E-state index is 0.0437. The van der Waals surface area contributed by atoms with Crippen molar-refractivity contribution in [2.75, 3.05) is 33.8 Å². The van der Waals surface area contributed by atoms with Gasteiger partial charge in [0.2, 0.25) is 0 Å². The van der Waals surface area contributed by atoms with Crippen LogP contribution in [0.2, 0.25) is 0 Å². The number of hydrogen-bond acceptors (Lipinski definition) is 5. The average Bonchev–Trinajstić information content (AvgIpc) is 3.20. The summed E-state index contributed by atoms with van der Waals surface area (Å²) in [5, 5.41) is 8.89. The number of likely N-dealkylation sites (tertiary alicyclic amines) is 1. The van der Waals surface area contributed by atoms with Gasteiger partial charge in [-0.25, -0.2) is 0 Å². The molecule has 1 atom stereocenters. The van der Waals surface area contributed by atoms with Crippen LogP contribution in [-0.4, -0.2) is 64.3 Å². The smallest absolute Gasteiger partial charge is 0.254 e. The summed E-state index contributed by atoms with van der Waals surface area (Å²) >= 11 is 0. The summed E-state index contributed by atoms with van der Waals surface area (Å²) in [6, 6.07) is 7.69. The molecule has 1 saturated heterocycles. The van der Waals surface area contributed by atoms with Gasteiger partial charge in [-0.3, -0.25) is 9.69 Å². The van der Waals surface area contributed by atoms with Gasteiger partial charge in [0.15, 0.2) is 0 Å². The van der Waals surface area contributed by atoms with Crippen LogP contribution in [0.3, 0.4) is 0 Å². The van der Waals surface area contributed by atoms with E-state index in [1.54, 1.807) is 13.2 Å². The molecule has 4 rings (SSSR count). The molecule has 7 heteroatoms. The SMILES string of the molecule is COc1cccc(C(=O)N2CCc3nnc([C@H]4CCCN4C)n3CC2)c1. The molecule has 26 heavy (non-hydrogen) atoms. The molecule has 1 amide bonds. The zero-order valence-electron chi connectivity index (χ0n) is 15.4. The van der Waals surface area contributed by atoms with E-state index in [-0.39, 0.29) is 5.91 Å². The van der Waals surface area contributed by atoms with Gasteiger partial charge >= 0.3 is 0 Å². The highest BCUT2D eigenvalue weighted by Gasteiger charge is 2.30. The van der Waals surface area contributed by atoms with Crippen LogP contribution in [-0.2, 0) is 13.0 Å². The van der Waals surface area contributed by atoms with Gasteiger partial charge in [0.05, 0.1) is 13.2 Å². The van der Waals surface area contributed by atoms with Crippen LogP contribution in [0.25, 0.3) is 0 Å². The molecule has 0 N–H and O–H groups in total. The number of carbonyl (C=O) groups excluding carboxylic acids is 1. The molecule has 0 saturated carbocycles. The number of amides is 1. The van der Waals surface area contributed by atoms with E-state index in [4.69, 9.17) is 4.74 Å². The molecular weight excluding hydrogens is 330 g/mol. The Bertz CT molecular complexity index is 803. The second-order valence-corrected chi connectivity index (χ2v) is 7.04. The predicted molar refractivity (Wildman–Crippen MR) is 97.2 cm³/mol. The van der Waals surface area contributed by atoms with Crippen molar-refractivity contribution < 1.29 is 9.53 Å². The number of methoxy groups -OCH3 is 1. The first-order valence-corrected chi connectivity index (χ1v) is 9.23. The molecule has 1 fully saturated rings. The zero-order chi connectivity index (χ0) is 18.1. The lowest BCUT2D eigenvalue weighted by atomic mass is 10.2. The lowest BCUT2D eigenvalue weighted by Crippen LogP contribution is -2.34. The van der Waals surface area contributed by atoms with Crippen LogP contribution in [0.15, 0.2) is 24.3 Å². The highest BCUT2D eigenvalue weighted by atomic mass is 16.5. The molecule has 7 nitrogen and oxygen atoms in total. The molecule has 1 aromatic carbocycles. The first-order valence-electron chi connectivity index (χ1n) is 9.23. The number of aromatic nitrogens is 3. The molecule has 3 heterocycles. The largest absolute Gasteiger partial charge is 0.497 e. The number of ether oxygens (including phenoxy) is 1. The van der Waals surface area contributed by atoms with Crippen molar-refractivity contribution in [3.05, 3.63) is 41.5 Å². The van der Waals surface area contributed by atoms with Crippen molar-refractivity contribution in [2.24, 2.45) is 0 Å². The van der Waals surface area contributed by atoms with Crippen molar-refractivity contribution in [2.45, 2.75) is 31.8 Å². The topological polar surface area (TPSA) is 63.5 Å². The number of carbonyl (C=O) groups is 1. The minimum Gasteiger partial charge on any atom is -0.497 e. The summed E-state index contributed by atoms with van der Waals surface area (Å²) in [5.41, 5.74) is 0.665. The van der Waals surface area contributed by atoms with E-state index in [2.05, 4.69) is 26.7 Å². The van der Waals surface area contributed by atoms with Gasteiger partial charge in [0, 0.05) is 31.6 Å². The maximum Gasteiger partial charge on any atom is 0.254 e. The molecule has 2 aliphatic heterocycles. The Morgan fingerprint density at radius 3 is 2.85 bits per heavy atom. The Morgan fingerprint density at radius 2 is 2.08 bits per heavy atom. The van der Waals surface area contributed by atoms with Gasteiger partial charge in [0.1, 0.15) is 17.4 Å². The van der Waals surface area contributed by atoms with Gasteiger partial charge in [-0.15, -0.1) is 10.2 Å². The lowest BCUT2D eigenvalue weighted by molar-refractivity contribution is 0.0758. The van der Waals surface area contributed by atoms with E-state index in [9.17, 15) is 4.79 Å². The number of benzene rings is 1. The monoisotopic (exact) mass is 355 g/mol. The van der Waals surface area contributed by atoms with Gasteiger partial charge in [0.25, 0.3) is 5.91 Å². The van der Waals surface area contributed by atoms with E-state index in [1.807, 2.05) is 23.1 Å². The molecule has 1 aromatic heterocycles. The van der Waals surface area contributed by atoms with Crippen LogP contribution in [0.4, 0.5) is 0 Å².